The van der Waals surface area contributed by atoms with Crippen molar-refractivity contribution in [1.82, 2.24) is 9.55 Å². The number of allylic oxidation sites excluding steroid dienone is 1. The summed E-state index contributed by atoms with van der Waals surface area (Å²) in [7, 11) is 0. The van der Waals surface area contributed by atoms with Crippen LogP contribution in [0, 0.1) is 6.92 Å². The Balaban J connectivity index is 2.26. The summed E-state index contributed by atoms with van der Waals surface area (Å²) in [6.45, 7) is 5.13. The van der Waals surface area contributed by atoms with E-state index in [-0.39, 0.29) is 0 Å². The zero-order valence-corrected chi connectivity index (χ0v) is 13.0. The van der Waals surface area contributed by atoms with Gasteiger partial charge in [0.15, 0.2) is 6.23 Å². The zero-order valence-electron chi connectivity index (χ0n) is 13.0. The first-order chi connectivity index (χ1) is 11.0. The van der Waals surface area contributed by atoms with Gasteiger partial charge in [-0.1, -0.05) is 6.08 Å². The molecule has 2 rings (SSSR count). The van der Waals surface area contributed by atoms with E-state index in [9.17, 15) is 19.8 Å². The molecule has 0 aliphatic carbocycles. The van der Waals surface area contributed by atoms with Gasteiger partial charge < -0.3 is 19.7 Å². The van der Waals surface area contributed by atoms with Gasteiger partial charge in [0.2, 0.25) is 0 Å². The highest BCUT2D eigenvalue weighted by molar-refractivity contribution is 5.03. The van der Waals surface area contributed by atoms with Gasteiger partial charge in [0.1, 0.15) is 18.3 Å². The molecule has 1 fully saturated rings. The van der Waals surface area contributed by atoms with Crippen molar-refractivity contribution in [1.29, 1.82) is 0 Å². The number of aromatic nitrogens is 2. The number of aromatic amines is 1. The Hall–Kier alpha value is -1.74. The molecule has 1 aliphatic rings. The minimum atomic E-state index is -1.08. The Morgan fingerprint density at radius 3 is 2.91 bits per heavy atom. The van der Waals surface area contributed by atoms with Crippen molar-refractivity contribution < 1.29 is 19.7 Å². The van der Waals surface area contributed by atoms with Crippen LogP contribution in [-0.2, 0) is 9.47 Å². The van der Waals surface area contributed by atoms with Gasteiger partial charge >= 0.3 is 5.69 Å². The molecule has 0 unspecified atom stereocenters. The molecule has 0 aromatic carbocycles. The minimum absolute atomic E-state index is 0.334. The van der Waals surface area contributed by atoms with Gasteiger partial charge in [-0.25, -0.2) is 4.79 Å². The average molecular weight is 326 g/mol. The third kappa shape index (κ3) is 3.78. The number of ether oxygens (including phenoxy) is 2. The smallest absolute Gasteiger partial charge is 0.330 e. The van der Waals surface area contributed by atoms with Crippen molar-refractivity contribution in [2.24, 2.45) is 0 Å². The van der Waals surface area contributed by atoms with Gasteiger partial charge in [0.25, 0.3) is 5.56 Å². The maximum atomic E-state index is 12.0. The van der Waals surface area contributed by atoms with Gasteiger partial charge in [-0.3, -0.25) is 14.3 Å². The monoisotopic (exact) mass is 326 g/mol. The normalized spacial score (nSPS) is 27.3. The SMILES string of the molecule is C=CCCCO[C@@H]1[C@H](O)[C@@H](CO)O[C@H]1n1cc(C)c(=O)[nH]c1=O. The maximum absolute atomic E-state index is 12.0. The van der Waals surface area contributed by atoms with E-state index in [0.29, 0.717) is 18.6 Å². The Kier molecular flexibility index (Phi) is 5.89. The summed E-state index contributed by atoms with van der Waals surface area (Å²) >= 11 is 0. The highest BCUT2D eigenvalue weighted by atomic mass is 16.6. The highest BCUT2D eigenvalue weighted by Crippen LogP contribution is 2.30. The molecule has 8 heteroatoms. The van der Waals surface area contributed by atoms with Crippen molar-refractivity contribution in [2.45, 2.75) is 44.3 Å². The van der Waals surface area contributed by atoms with Crippen LogP contribution in [0.25, 0.3) is 0 Å². The van der Waals surface area contributed by atoms with Crippen molar-refractivity contribution in [3.63, 3.8) is 0 Å². The first kappa shape index (κ1) is 17.6. The van der Waals surface area contributed by atoms with E-state index in [0.717, 1.165) is 6.42 Å². The van der Waals surface area contributed by atoms with E-state index in [1.165, 1.54) is 10.8 Å². The lowest BCUT2D eigenvalue weighted by molar-refractivity contribution is -0.0747. The van der Waals surface area contributed by atoms with E-state index in [1.807, 2.05) is 0 Å². The molecule has 3 N–H and O–H groups in total. The summed E-state index contributed by atoms with van der Waals surface area (Å²) in [4.78, 5) is 25.7. The molecule has 0 bridgehead atoms. The van der Waals surface area contributed by atoms with Crippen LogP contribution >= 0.6 is 0 Å². The number of nitrogens with zero attached hydrogens (tertiary/aromatic N) is 1. The molecule has 8 nitrogen and oxygen atoms in total. The number of nitrogens with one attached hydrogen (secondary N) is 1. The first-order valence-corrected chi connectivity index (χ1v) is 7.48. The number of hydrogen-bond donors (Lipinski definition) is 3. The van der Waals surface area contributed by atoms with Crippen LogP contribution in [0.4, 0.5) is 0 Å². The number of aliphatic hydroxyl groups is 2. The summed E-state index contributed by atoms with van der Waals surface area (Å²) in [6.07, 6.45) is 0.913. The van der Waals surface area contributed by atoms with E-state index in [2.05, 4.69) is 11.6 Å². The van der Waals surface area contributed by atoms with Gasteiger partial charge in [-0.2, -0.15) is 0 Å². The molecule has 4 atom stereocenters. The molecule has 2 heterocycles. The number of aliphatic hydroxyl groups excluding tert-OH is 2. The summed E-state index contributed by atoms with van der Waals surface area (Å²) in [5.41, 5.74) is -0.802. The molecule has 1 aromatic rings. The lowest BCUT2D eigenvalue weighted by Crippen LogP contribution is -2.40. The van der Waals surface area contributed by atoms with E-state index in [1.54, 1.807) is 13.0 Å². The van der Waals surface area contributed by atoms with E-state index < -0.39 is 42.4 Å². The molecule has 0 spiro atoms. The average Bonchev–Trinajstić information content (AvgIpc) is 2.83. The fourth-order valence-corrected chi connectivity index (χ4v) is 2.50. The second-order valence-electron chi connectivity index (χ2n) is 5.48. The van der Waals surface area contributed by atoms with E-state index in [4.69, 9.17) is 9.47 Å². The predicted octanol–water partition coefficient (Wildman–Crippen LogP) is -0.553. The van der Waals surface area contributed by atoms with Crippen molar-refractivity contribution in [3.05, 3.63) is 45.3 Å². The summed E-state index contributed by atoms with van der Waals surface area (Å²) in [5, 5.41) is 19.5. The number of hydrogen-bond acceptors (Lipinski definition) is 6. The molecule has 1 aromatic heterocycles. The first-order valence-electron chi connectivity index (χ1n) is 7.48. The number of unbranched alkanes of at least 4 members (excludes halogenated alkanes) is 1. The molecular formula is C15H22N2O6. The third-order valence-corrected chi connectivity index (χ3v) is 3.78. The lowest BCUT2D eigenvalue weighted by atomic mass is 10.1. The van der Waals surface area contributed by atoms with Crippen LogP contribution in [0.2, 0.25) is 0 Å². The minimum Gasteiger partial charge on any atom is -0.394 e. The lowest BCUT2D eigenvalue weighted by Gasteiger charge is -2.22. The molecule has 23 heavy (non-hydrogen) atoms. The molecule has 1 saturated heterocycles. The molecule has 0 radical (unpaired) electrons. The van der Waals surface area contributed by atoms with Gasteiger partial charge in [-0.15, -0.1) is 6.58 Å². The summed E-state index contributed by atoms with van der Waals surface area (Å²) in [5.74, 6) is 0. The Morgan fingerprint density at radius 1 is 1.52 bits per heavy atom. The second-order valence-corrected chi connectivity index (χ2v) is 5.48. The summed E-state index contributed by atoms with van der Waals surface area (Å²) < 4.78 is 12.4. The Bertz CT molecular complexity index is 652. The topological polar surface area (TPSA) is 114 Å². The zero-order chi connectivity index (χ0) is 17.0. The van der Waals surface area contributed by atoms with Gasteiger partial charge in [0, 0.05) is 18.4 Å². The second kappa shape index (κ2) is 7.69. The maximum Gasteiger partial charge on any atom is 0.330 e. The molecule has 128 valence electrons. The molecule has 0 amide bonds. The van der Waals surface area contributed by atoms with Gasteiger partial charge in [-0.05, 0) is 19.8 Å². The molecular weight excluding hydrogens is 304 g/mol. The van der Waals surface area contributed by atoms with Crippen LogP contribution in [0.15, 0.2) is 28.4 Å². The quantitative estimate of drug-likeness (QED) is 0.457. The largest absolute Gasteiger partial charge is 0.394 e. The fourth-order valence-electron chi connectivity index (χ4n) is 2.50. The fraction of sp³-hybridized carbons (Fsp3) is 0.600. The molecule has 0 saturated carbocycles. The number of aryl methyl sites for hydroxylation is 1. The van der Waals surface area contributed by atoms with Crippen molar-refractivity contribution >= 4 is 0 Å². The van der Waals surface area contributed by atoms with Crippen LogP contribution in [0.1, 0.15) is 24.6 Å². The highest BCUT2D eigenvalue weighted by Gasteiger charge is 2.45. The van der Waals surface area contributed by atoms with Crippen molar-refractivity contribution in [3.8, 4) is 0 Å². The van der Waals surface area contributed by atoms with Crippen LogP contribution in [0.3, 0.4) is 0 Å². The van der Waals surface area contributed by atoms with Crippen molar-refractivity contribution in [2.75, 3.05) is 13.2 Å². The third-order valence-electron chi connectivity index (χ3n) is 3.78. The van der Waals surface area contributed by atoms with Crippen LogP contribution in [0.5, 0.6) is 0 Å². The Morgan fingerprint density at radius 2 is 2.26 bits per heavy atom. The summed E-state index contributed by atoms with van der Waals surface area (Å²) in [6, 6.07) is 0. The Labute approximate surface area is 133 Å². The standard InChI is InChI=1S/C15H22N2O6/c1-3-4-5-6-22-12-11(19)10(8-18)23-14(12)17-7-9(2)13(20)16-15(17)21/h3,7,10-12,14,18-19H,1,4-6,8H2,2H3,(H,16,20,21)/t10-,11-,12-,14-/m1/s1. The van der Waals surface area contributed by atoms with E-state index >= 15 is 0 Å². The predicted molar refractivity (Wildman–Crippen MR) is 82.2 cm³/mol. The molecule has 1 aliphatic heterocycles. The van der Waals surface area contributed by atoms with Gasteiger partial charge in [0.05, 0.1) is 6.61 Å². The van der Waals surface area contributed by atoms with Crippen LogP contribution < -0.4 is 11.2 Å². The van der Waals surface area contributed by atoms with Crippen LogP contribution in [-0.4, -0.2) is 51.3 Å². The number of rotatable bonds is 7. The number of H-pyrrole nitrogens is 1.